The lowest BCUT2D eigenvalue weighted by Gasteiger charge is -2.16. The molecule has 1 atom stereocenters. The van der Waals surface area contributed by atoms with E-state index < -0.39 is 12.1 Å². The van der Waals surface area contributed by atoms with Gasteiger partial charge in [-0.15, -0.1) is 11.6 Å². The minimum Gasteiger partial charge on any atom is -0.465 e. The van der Waals surface area contributed by atoms with Gasteiger partial charge in [-0.05, 0) is 29.1 Å². The average Bonchev–Trinajstić information content (AvgIpc) is 2.92. The van der Waals surface area contributed by atoms with Crippen LogP contribution in [-0.2, 0) is 9.59 Å². The second-order valence-corrected chi connectivity index (χ2v) is 6.40. The largest absolute Gasteiger partial charge is 0.465 e. The van der Waals surface area contributed by atoms with Crippen LogP contribution < -0.4 is 15.0 Å². The monoisotopic (exact) mass is 376 g/mol. The summed E-state index contributed by atoms with van der Waals surface area (Å²) in [5.74, 6) is -0.432. The van der Waals surface area contributed by atoms with Crippen LogP contribution in [0, 0.1) is 0 Å². The number of halogens is 1. The number of esters is 1. The van der Waals surface area contributed by atoms with Crippen LogP contribution in [-0.4, -0.2) is 35.5 Å². The number of hydrogen-bond acceptors (Lipinski definition) is 4. The van der Waals surface area contributed by atoms with E-state index >= 15 is 0 Å². The highest BCUT2D eigenvalue weighted by Gasteiger charge is 2.34. The van der Waals surface area contributed by atoms with Gasteiger partial charge in [0, 0.05) is 49.3 Å². The van der Waals surface area contributed by atoms with E-state index in [0.717, 1.165) is 5.56 Å². The number of ether oxygens (including phenoxy) is 1. The standard InChI is InChI=1S/C18H17ClN2O5/c1-9(22)20-12-3-4-13-14(5-12)17-11(7-19)8-21(18(24)25)15(17)6-16(13)26-10(2)23/h3-6,11H,7-8H2,1-2H3,(H,20,22)(H,24,25)/t11-/m1/s1. The number of alkyl halides is 1. The van der Waals surface area contributed by atoms with Crippen LogP contribution in [0.3, 0.4) is 0 Å². The lowest BCUT2D eigenvalue weighted by molar-refractivity contribution is -0.131. The van der Waals surface area contributed by atoms with Crippen LogP contribution in [0.15, 0.2) is 24.3 Å². The highest BCUT2D eigenvalue weighted by molar-refractivity contribution is 6.19. The minimum absolute atomic E-state index is 0.204. The van der Waals surface area contributed by atoms with E-state index in [1.807, 2.05) is 0 Å². The second kappa shape index (κ2) is 6.84. The fourth-order valence-corrected chi connectivity index (χ4v) is 3.54. The highest BCUT2D eigenvalue weighted by Crippen LogP contribution is 2.46. The molecule has 0 unspecified atom stereocenters. The molecule has 0 aliphatic carbocycles. The number of amides is 2. The molecule has 2 aromatic rings. The van der Waals surface area contributed by atoms with E-state index in [-0.39, 0.29) is 30.0 Å². The molecule has 2 amide bonds. The van der Waals surface area contributed by atoms with Gasteiger partial charge in [0.1, 0.15) is 5.75 Å². The Morgan fingerprint density at radius 1 is 1.27 bits per heavy atom. The Bertz CT molecular complexity index is 927. The van der Waals surface area contributed by atoms with Crippen molar-refractivity contribution in [2.75, 3.05) is 22.6 Å². The molecule has 1 heterocycles. The summed E-state index contributed by atoms with van der Waals surface area (Å²) in [7, 11) is 0. The van der Waals surface area contributed by atoms with Crippen molar-refractivity contribution in [2.24, 2.45) is 0 Å². The molecule has 136 valence electrons. The van der Waals surface area contributed by atoms with E-state index in [2.05, 4.69) is 5.32 Å². The summed E-state index contributed by atoms with van der Waals surface area (Å²) in [4.78, 5) is 35.7. The van der Waals surface area contributed by atoms with E-state index in [1.165, 1.54) is 18.7 Å². The first-order valence-corrected chi connectivity index (χ1v) is 8.48. The highest BCUT2D eigenvalue weighted by atomic mass is 35.5. The number of nitrogens with zero attached hydrogens (tertiary/aromatic N) is 1. The van der Waals surface area contributed by atoms with Gasteiger partial charge in [-0.3, -0.25) is 14.5 Å². The summed E-state index contributed by atoms with van der Waals surface area (Å²) >= 11 is 6.08. The zero-order chi connectivity index (χ0) is 19.0. The van der Waals surface area contributed by atoms with Gasteiger partial charge in [0.2, 0.25) is 5.91 Å². The van der Waals surface area contributed by atoms with Crippen molar-refractivity contribution >= 4 is 51.7 Å². The van der Waals surface area contributed by atoms with E-state index in [0.29, 0.717) is 22.1 Å². The smallest absolute Gasteiger partial charge is 0.411 e. The fraction of sp³-hybridized carbons (Fsp3) is 0.278. The van der Waals surface area contributed by atoms with Crippen molar-refractivity contribution in [1.82, 2.24) is 0 Å². The summed E-state index contributed by atoms with van der Waals surface area (Å²) in [6.45, 7) is 2.90. The SMILES string of the molecule is CC(=O)Nc1ccc2c(OC(C)=O)cc3c(c2c1)[C@H](CCl)CN3C(=O)O. The van der Waals surface area contributed by atoms with Gasteiger partial charge < -0.3 is 15.2 Å². The van der Waals surface area contributed by atoms with Crippen LogP contribution in [0.1, 0.15) is 25.3 Å². The Balaban J connectivity index is 2.30. The summed E-state index contributed by atoms with van der Waals surface area (Å²) in [6.07, 6.45) is -1.11. The molecular formula is C18H17ClN2O5. The maximum absolute atomic E-state index is 11.6. The lowest BCUT2D eigenvalue weighted by Crippen LogP contribution is -2.28. The molecule has 0 fully saturated rings. The molecule has 7 nitrogen and oxygen atoms in total. The molecule has 0 radical (unpaired) electrons. The molecule has 2 aromatic carbocycles. The third kappa shape index (κ3) is 3.17. The molecule has 1 aliphatic heterocycles. The molecular weight excluding hydrogens is 360 g/mol. The van der Waals surface area contributed by atoms with Gasteiger partial charge in [-0.1, -0.05) is 0 Å². The van der Waals surface area contributed by atoms with Crippen LogP contribution in [0.25, 0.3) is 10.8 Å². The number of nitrogens with one attached hydrogen (secondary N) is 1. The topological polar surface area (TPSA) is 95.9 Å². The number of carbonyl (C=O) groups excluding carboxylic acids is 2. The number of rotatable bonds is 3. The van der Waals surface area contributed by atoms with Crippen molar-refractivity contribution in [2.45, 2.75) is 19.8 Å². The van der Waals surface area contributed by atoms with Crippen LogP contribution in [0.2, 0.25) is 0 Å². The van der Waals surface area contributed by atoms with Crippen LogP contribution >= 0.6 is 11.6 Å². The Hall–Kier alpha value is -2.80. The third-order valence-electron chi connectivity index (χ3n) is 4.21. The van der Waals surface area contributed by atoms with Crippen molar-refractivity contribution in [1.29, 1.82) is 0 Å². The molecule has 1 aliphatic rings. The van der Waals surface area contributed by atoms with Gasteiger partial charge in [0.25, 0.3) is 0 Å². The van der Waals surface area contributed by atoms with Gasteiger partial charge in [-0.2, -0.15) is 0 Å². The first kappa shape index (κ1) is 18.0. The van der Waals surface area contributed by atoms with Gasteiger partial charge in [-0.25, -0.2) is 4.79 Å². The first-order valence-electron chi connectivity index (χ1n) is 7.95. The first-order chi connectivity index (χ1) is 12.3. The fourth-order valence-electron chi connectivity index (χ4n) is 3.29. The van der Waals surface area contributed by atoms with E-state index in [1.54, 1.807) is 24.3 Å². The molecule has 8 heteroatoms. The Labute approximate surface area is 154 Å². The molecule has 0 bridgehead atoms. The number of fused-ring (bicyclic) bond motifs is 3. The Kier molecular flexibility index (Phi) is 4.73. The van der Waals surface area contributed by atoms with Gasteiger partial charge in [0.15, 0.2) is 0 Å². The quantitative estimate of drug-likeness (QED) is 0.485. The third-order valence-corrected chi connectivity index (χ3v) is 4.58. The van der Waals surface area contributed by atoms with Crippen molar-refractivity contribution < 1.29 is 24.2 Å². The van der Waals surface area contributed by atoms with Crippen LogP contribution in [0.5, 0.6) is 5.75 Å². The number of hydrogen-bond donors (Lipinski definition) is 2. The number of benzene rings is 2. The van der Waals surface area contributed by atoms with Gasteiger partial charge >= 0.3 is 12.1 Å². The minimum atomic E-state index is -1.11. The molecule has 26 heavy (non-hydrogen) atoms. The Morgan fingerprint density at radius 2 is 2.00 bits per heavy atom. The van der Waals surface area contributed by atoms with Crippen LogP contribution in [0.4, 0.5) is 16.2 Å². The molecule has 0 aromatic heterocycles. The zero-order valence-electron chi connectivity index (χ0n) is 14.2. The second-order valence-electron chi connectivity index (χ2n) is 6.09. The molecule has 0 saturated heterocycles. The molecule has 2 N–H and O–H groups in total. The lowest BCUT2D eigenvalue weighted by atomic mass is 9.95. The molecule has 0 saturated carbocycles. The van der Waals surface area contributed by atoms with Gasteiger partial charge in [0.05, 0.1) is 5.69 Å². The summed E-state index contributed by atoms with van der Waals surface area (Å²) in [5, 5.41) is 13.6. The van der Waals surface area contributed by atoms with E-state index in [4.69, 9.17) is 16.3 Å². The number of carbonyl (C=O) groups is 3. The number of anilines is 2. The summed E-state index contributed by atoms with van der Waals surface area (Å²) in [5.41, 5.74) is 1.77. The predicted octanol–water partition coefficient (Wildman–Crippen LogP) is 3.54. The average molecular weight is 377 g/mol. The normalized spacial score (nSPS) is 15.7. The zero-order valence-corrected chi connectivity index (χ0v) is 15.0. The van der Waals surface area contributed by atoms with E-state index in [9.17, 15) is 19.5 Å². The van der Waals surface area contributed by atoms with Crippen molar-refractivity contribution in [3.05, 3.63) is 29.8 Å². The summed E-state index contributed by atoms with van der Waals surface area (Å²) < 4.78 is 5.29. The predicted molar refractivity (Wildman–Crippen MR) is 98.4 cm³/mol. The maximum atomic E-state index is 11.6. The molecule has 0 spiro atoms. The maximum Gasteiger partial charge on any atom is 0.411 e. The number of carboxylic acid groups (broad SMARTS) is 1. The molecule has 3 rings (SSSR count). The Morgan fingerprint density at radius 3 is 2.58 bits per heavy atom. The summed E-state index contributed by atoms with van der Waals surface area (Å²) in [6, 6.07) is 6.72. The van der Waals surface area contributed by atoms with Crippen molar-refractivity contribution in [3.8, 4) is 5.75 Å². The van der Waals surface area contributed by atoms with Crippen molar-refractivity contribution in [3.63, 3.8) is 0 Å².